The molecule has 4 nitrogen and oxygen atoms in total. The van der Waals surface area contributed by atoms with Crippen LogP contribution in [0.4, 0.5) is 11.4 Å². The molecule has 1 aromatic rings. The lowest BCUT2D eigenvalue weighted by atomic mass is 10.2. The van der Waals surface area contributed by atoms with Crippen molar-refractivity contribution in [2.75, 3.05) is 35.9 Å². The van der Waals surface area contributed by atoms with Gasteiger partial charge in [0.25, 0.3) is 0 Å². The number of nitrogens with one attached hydrogen (secondary N) is 2. The average molecular weight is 266 g/mol. The normalized spacial score (nSPS) is 18.6. The van der Waals surface area contributed by atoms with Gasteiger partial charge in [0.15, 0.2) is 0 Å². The van der Waals surface area contributed by atoms with Crippen LogP contribution in [0, 0.1) is 0 Å². The van der Waals surface area contributed by atoms with Crippen molar-refractivity contribution in [1.82, 2.24) is 0 Å². The SMILES string of the molecule is COCC(=O)Nc1cccc(NC2CCSC2)c1. The molecule has 0 radical (unpaired) electrons. The van der Waals surface area contributed by atoms with Crippen LogP contribution in [0.15, 0.2) is 24.3 Å². The molecule has 1 saturated heterocycles. The molecule has 5 heteroatoms. The Morgan fingerprint density at radius 2 is 2.33 bits per heavy atom. The van der Waals surface area contributed by atoms with Crippen molar-refractivity contribution in [2.45, 2.75) is 12.5 Å². The van der Waals surface area contributed by atoms with E-state index in [-0.39, 0.29) is 12.5 Å². The fourth-order valence-corrected chi connectivity index (χ4v) is 3.05. The fraction of sp³-hybridized carbons (Fsp3) is 0.462. The Balaban J connectivity index is 1.93. The van der Waals surface area contributed by atoms with Gasteiger partial charge < -0.3 is 15.4 Å². The molecule has 1 fully saturated rings. The Kier molecular flexibility index (Phi) is 4.90. The third-order valence-electron chi connectivity index (χ3n) is 2.72. The third-order valence-corrected chi connectivity index (χ3v) is 3.88. The molecule has 0 bridgehead atoms. The van der Waals surface area contributed by atoms with E-state index in [2.05, 4.69) is 10.6 Å². The zero-order chi connectivity index (χ0) is 12.8. The third kappa shape index (κ3) is 3.92. The van der Waals surface area contributed by atoms with E-state index in [4.69, 9.17) is 4.74 Å². The predicted octanol–water partition coefficient (Wildman–Crippen LogP) is 2.19. The van der Waals surface area contributed by atoms with Crippen LogP contribution < -0.4 is 10.6 Å². The number of benzene rings is 1. The van der Waals surface area contributed by atoms with Crippen molar-refractivity contribution in [2.24, 2.45) is 0 Å². The highest BCUT2D eigenvalue weighted by molar-refractivity contribution is 7.99. The Morgan fingerprint density at radius 1 is 1.50 bits per heavy atom. The second-order valence-corrected chi connectivity index (χ2v) is 5.42. The fourth-order valence-electron chi connectivity index (χ4n) is 1.90. The van der Waals surface area contributed by atoms with Gasteiger partial charge in [0.2, 0.25) is 5.91 Å². The summed E-state index contributed by atoms with van der Waals surface area (Å²) in [7, 11) is 1.51. The van der Waals surface area contributed by atoms with Gasteiger partial charge in [0.05, 0.1) is 0 Å². The van der Waals surface area contributed by atoms with Crippen molar-refractivity contribution >= 4 is 29.0 Å². The van der Waals surface area contributed by atoms with Crippen LogP contribution in [0.3, 0.4) is 0 Å². The van der Waals surface area contributed by atoms with Crippen LogP contribution in [0.25, 0.3) is 0 Å². The summed E-state index contributed by atoms with van der Waals surface area (Å²) in [5.74, 6) is 2.24. The van der Waals surface area contributed by atoms with Gasteiger partial charge in [-0.3, -0.25) is 4.79 Å². The minimum atomic E-state index is -0.133. The van der Waals surface area contributed by atoms with Crippen molar-refractivity contribution in [3.05, 3.63) is 24.3 Å². The van der Waals surface area contributed by atoms with Crippen LogP contribution in [0.5, 0.6) is 0 Å². The molecule has 0 aromatic heterocycles. The Hall–Kier alpha value is -1.20. The van der Waals surface area contributed by atoms with Gasteiger partial charge >= 0.3 is 0 Å². The molecule has 18 heavy (non-hydrogen) atoms. The minimum absolute atomic E-state index is 0.0803. The first-order valence-corrected chi connectivity index (χ1v) is 7.16. The standard InChI is InChI=1S/C13H18N2O2S/c1-17-8-13(16)15-11-4-2-3-10(7-11)14-12-5-6-18-9-12/h2-4,7,12,14H,5-6,8-9H2,1H3,(H,15,16). The van der Waals surface area contributed by atoms with Crippen LogP contribution in [0.2, 0.25) is 0 Å². The first-order valence-electron chi connectivity index (χ1n) is 6.01. The molecular formula is C13H18N2O2S. The second-order valence-electron chi connectivity index (χ2n) is 4.27. The second kappa shape index (κ2) is 6.66. The lowest BCUT2D eigenvalue weighted by Crippen LogP contribution is -2.19. The van der Waals surface area contributed by atoms with Crippen LogP contribution in [-0.2, 0) is 9.53 Å². The molecule has 1 atom stereocenters. The number of carbonyl (C=O) groups is 1. The number of carbonyl (C=O) groups excluding carboxylic acids is 1. The molecule has 1 amide bonds. The monoisotopic (exact) mass is 266 g/mol. The summed E-state index contributed by atoms with van der Waals surface area (Å²) >= 11 is 1.97. The number of methoxy groups -OCH3 is 1. The van der Waals surface area contributed by atoms with E-state index in [0.717, 1.165) is 17.1 Å². The number of amides is 1. The number of thioether (sulfide) groups is 1. The molecule has 1 aliphatic heterocycles. The summed E-state index contributed by atoms with van der Waals surface area (Å²) in [6, 6.07) is 8.33. The molecule has 1 aromatic carbocycles. The Bertz CT molecular complexity index is 406. The summed E-state index contributed by atoms with van der Waals surface area (Å²) in [6.07, 6.45) is 1.20. The summed E-state index contributed by atoms with van der Waals surface area (Å²) in [5.41, 5.74) is 1.85. The van der Waals surface area contributed by atoms with Crippen molar-refractivity contribution in [1.29, 1.82) is 0 Å². The molecule has 98 valence electrons. The zero-order valence-corrected chi connectivity index (χ0v) is 11.3. The molecule has 0 aliphatic carbocycles. The van der Waals surface area contributed by atoms with Gasteiger partial charge in [-0.15, -0.1) is 0 Å². The Labute approximate surface area is 111 Å². The van der Waals surface area contributed by atoms with Crippen molar-refractivity contribution in [3.63, 3.8) is 0 Å². The lowest BCUT2D eigenvalue weighted by Gasteiger charge is -2.14. The van der Waals surface area contributed by atoms with E-state index in [0.29, 0.717) is 6.04 Å². The first kappa shape index (κ1) is 13.2. The van der Waals surface area contributed by atoms with Gasteiger partial charge in [0.1, 0.15) is 6.61 Å². The number of hydrogen-bond donors (Lipinski definition) is 2. The van der Waals surface area contributed by atoms with E-state index in [1.807, 2.05) is 36.0 Å². The maximum atomic E-state index is 11.4. The number of hydrogen-bond acceptors (Lipinski definition) is 4. The molecule has 2 rings (SSSR count). The highest BCUT2D eigenvalue weighted by Gasteiger charge is 2.14. The van der Waals surface area contributed by atoms with Gasteiger partial charge in [-0.2, -0.15) is 11.8 Å². The van der Waals surface area contributed by atoms with E-state index in [1.54, 1.807) is 0 Å². The number of rotatable bonds is 5. The largest absolute Gasteiger partial charge is 0.381 e. The van der Waals surface area contributed by atoms with Gasteiger partial charge in [-0.1, -0.05) is 6.07 Å². The molecule has 1 aliphatic rings. The van der Waals surface area contributed by atoms with Crippen LogP contribution >= 0.6 is 11.8 Å². The molecule has 0 spiro atoms. The summed E-state index contributed by atoms with van der Waals surface area (Å²) in [5, 5.41) is 6.28. The summed E-state index contributed by atoms with van der Waals surface area (Å²) in [6.45, 7) is 0.0803. The first-order chi connectivity index (χ1) is 8.78. The number of ether oxygens (including phenoxy) is 1. The molecule has 1 heterocycles. The zero-order valence-electron chi connectivity index (χ0n) is 10.4. The quantitative estimate of drug-likeness (QED) is 0.857. The van der Waals surface area contributed by atoms with Gasteiger partial charge in [-0.25, -0.2) is 0 Å². The topological polar surface area (TPSA) is 50.4 Å². The van der Waals surface area contributed by atoms with Crippen LogP contribution in [0.1, 0.15) is 6.42 Å². The van der Waals surface area contributed by atoms with E-state index in [1.165, 1.54) is 19.3 Å². The van der Waals surface area contributed by atoms with E-state index >= 15 is 0 Å². The predicted molar refractivity (Wildman–Crippen MR) is 76.3 cm³/mol. The van der Waals surface area contributed by atoms with Crippen molar-refractivity contribution in [3.8, 4) is 0 Å². The van der Waals surface area contributed by atoms with E-state index < -0.39 is 0 Å². The maximum absolute atomic E-state index is 11.4. The van der Waals surface area contributed by atoms with E-state index in [9.17, 15) is 4.79 Å². The minimum Gasteiger partial charge on any atom is -0.381 e. The highest BCUT2D eigenvalue weighted by Crippen LogP contribution is 2.22. The number of anilines is 2. The Morgan fingerprint density at radius 3 is 3.06 bits per heavy atom. The highest BCUT2D eigenvalue weighted by atomic mass is 32.2. The van der Waals surface area contributed by atoms with Gasteiger partial charge in [-0.05, 0) is 30.4 Å². The van der Waals surface area contributed by atoms with Crippen molar-refractivity contribution < 1.29 is 9.53 Å². The maximum Gasteiger partial charge on any atom is 0.250 e. The molecular weight excluding hydrogens is 248 g/mol. The summed E-state index contributed by atoms with van der Waals surface area (Å²) < 4.78 is 4.78. The van der Waals surface area contributed by atoms with Crippen LogP contribution in [-0.4, -0.2) is 37.2 Å². The molecule has 0 saturated carbocycles. The van der Waals surface area contributed by atoms with Gasteiger partial charge in [0, 0.05) is 30.3 Å². The smallest absolute Gasteiger partial charge is 0.250 e. The molecule has 2 N–H and O–H groups in total. The average Bonchev–Trinajstić information content (AvgIpc) is 2.82. The lowest BCUT2D eigenvalue weighted by molar-refractivity contribution is -0.119. The summed E-state index contributed by atoms with van der Waals surface area (Å²) in [4.78, 5) is 11.4. The molecule has 1 unspecified atom stereocenters.